The molecule has 0 unspecified atom stereocenters. The molecule has 0 heterocycles. The van der Waals surface area contributed by atoms with Crippen molar-refractivity contribution in [1.29, 1.82) is 0 Å². The predicted molar refractivity (Wildman–Crippen MR) is 74.3 cm³/mol. The Labute approximate surface area is 114 Å². The third-order valence-corrected chi connectivity index (χ3v) is 2.80. The van der Waals surface area contributed by atoms with Gasteiger partial charge in [0, 0.05) is 19.7 Å². The SMILES string of the molecule is COC[C@H](C)NCc1cc(OC)c(OC)c(OC)c1. The van der Waals surface area contributed by atoms with Gasteiger partial charge in [-0.1, -0.05) is 0 Å². The fourth-order valence-electron chi connectivity index (χ4n) is 1.84. The zero-order valence-electron chi connectivity index (χ0n) is 12.3. The largest absolute Gasteiger partial charge is 0.493 e. The van der Waals surface area contributed by atoms with Crippen LogP contribution in [0.5, 0.6) is 17.2 Å². The van der Waals surface area contributed by atoms with E-state index in [0.717, 1.165) is 5.56 Å². The molecule has 1 aromatic carbocycles. The molecule has 1 N–H and O–H groups in total. The fourth-order valence-corrected chi connectivity index (χ4v) is 1.84. The maximum absolute atomic E-state index is 5.32. The average Bonchev–Trinajstić information content (AvgIpc) is 2.44. The maximum atomic E-state index is 5.32. The van der Waals surface area contributed by atoms with Gasteiger partial charge >= 0.3 is 0 Å². The number of hydrogen-bond donors (Lipinski definition) is 1. The highest BCUT2D eigenvalue weighted by Gasteiger charge is 2.13. The highest BCUT2D eigenvalue weighted by Crippen LogP contribution is 2.38. The minimum absolute atomic E-state index is 0.282. The minimum Gasteiger partial charge on any atom is -0.493 e. The summed E-state index contributed by atoms with van der Waals surface area (Å²) in [6.07, 6.45) is 0. The summed E-state index contributed by atoms with van der Waals surface area (Å²) in [4.78, 5) is 0. The normalized spacial score (nSPS) is 12.1. The first-order chi connectivity index (χ1) is 9.15. The van der Waals surface area contributed by atoms with Crippen LogP contribution in [-0.2, 0) is 11.3 Å². The van der Waals surface area contributed by atoms with E-state index in [2.05, 4.69) is 12.2 Å². The van der Waals surface area contributed by atoms with Gasteiger partial charge in [-0.25, -0.2) is 0 Å². The van der Waals surface area contributed by atoms with Gasteiger partial charge in [-0.05, 0) is 24.6 Å². The lowest BCUT2D eigenvalue weighted by atomic mass is 10.1. The Bertz CT molecular complexity index is 370. The summed E-state index contributed by atoms with van der Waals surface area (Å²) in [6, 6.07) is 4.16. The van der Waals surface area contributed by atoms with Crippen LogP contribution < -0.4 is 19.5 Å². The molecule has 0 aliphatic heterocycles. The maximum Gasteiger partial charge on any atom is 0.203 e. The van der Waals surface area contributed by atoms with E-state index in [-0.39, 0.29) is 6.04 Å². The molecule has 19 heavy (non-hydrogen) atoms. The lowest BCUT2D eigenvalue weighted by Crippen LogP contribution is -2.29. The van der Waals surface area contributed by atoms with Crippen LogP contribution in [0, 0.1) is 0 Å². The fraction of sp³-hybridized carbons (Fsp3) is 0.571. The van der Waals surface area contributed by atoms with Gasteiger partial charge in [-0.2, -0.15) is 0 Å². The van der Waals surface area contributed by atoms with Crippen LogP contribution in [0.3, 0.4) is 0 Å². The van der Waals surface area contributed by atoms with Gasteiger partial charge in [-0.3, -0.25) is 0 Å². The second-order valence-electron chi connectivity index (χ2n) is 4.27. The summed E-state index contributed by atoms with van der Waals surface area (Å²) < 4.78 is 21.0. The Balaban J connectivity index is 2.84. The van der Waals surface area contributed by atoms with Crippen molar-refractivity contribution in [2.24, 2.45) is 0 Å². The molecule has 1 rings (SSSR count). The van der Waals surface area contributed by atoms with Crippen molar-refractivity contribution in [2.75, 3.05) is 35.0 Å². The lowest BCUT2D eigenvalue weighted by molar-refractivity contribution is 0.171. The predicted octanol–water partition coefficient (Wildman–Crippen LogP) is 1.84. The summed E-state index contributed by atoms with van der Waals surface area (Å²) in [7, 11) is 6.51. The summed E-state index contributed by atoms with van der Waals surface area (Å²) in [5.41, 5.74) is 1.07. The van der Waals surface area contributed by atoms with Gasteiger partial charge in [0.25, 0.3) is 0 Å². The van der Waals surface area contributed by atoms with Crippen molar-refractivity contribution in [2.45, 2.75) is 19.5 Å². The molecular formula is C14H23NO4. The molecule has 0 saturated heterocycles. The molecule has 0 aromatic heterocycles. The molecule has 5 heteroatoms. The zero-order chi connectivity index (χ0) is 14.3. The number of methoxy groups -OCH3 is 4. The first-order valence-corrected chi connectivity index (χ1v) is 6.17. The molecule has 0 saturated carbocycles. The molecule has 0 amide bonds. The van der Waals surface area contributed by atoms with Gasteiger partial charge in [0.1, 0.15) is 0 Å². The number of ether oxygens (including phenoxy) is 4. The second kappa shape index (κ2) is 7.86. The number of benzene rings is 1. The molecule has 0 radical (unpaired) electrons. The monoisotopic (exact) mass is 269 g/mol. The third-order valence-electron chi connectivity index (χ3n) is 2.80. The summed E-state index contributed by atoms with van der Waals surface area (Å²) in [5, 5.41) is 3.36. The van der Waals surface area contributed by atoms with Crippen LogP contribution in [0.25, 0.3) is 0 Å². The van der Waals surface area contributed by atoms with E-state index in [1.807, 2.05) is 12.1 Å². The first-order valence-electron chi connectivity index (χ1n) is 6.17. The van der Waals surface area contributed by atoms with E-state index in [0.29, 0.717) is 30.4 Å². The van der Waals surface area contributed by atoms with Gasteiger partial charge < -0.3 is 24.3 Å². The Morgan fingerprint density at radius 2 is 1.58 bits per heavy atom. The van der Waals surface area contributed by atoms with Crippen LogP contribution in [0.2, 0.25) is 0 Å². The molecule has 5 nitrogen and oxygen atoms in total. The van der Waals surface area contributed by atoms with Crippen LogP contribution in [0.1, 0.15) is 12.5 Å². The quantitative estimate of drug-likeness (QED) is 0.780. The van der Waals surface area contributed by atoms with Crippen LogP contribution >= 0.6 is 0 Å². The van der Waals surface area contributed by atoms with E-state index in [4.69, 9.17) is 18.9 Å². The number of hydrogen-bond acceptors (Lipinski definition) is 5. The molecule has 0 spiro atoms. The minimum atomic E-state index is 0.282. The third kappa shape index (κ3) is 4.29. The van der Waals surface area contributed by atoms with Crippen molar-refractivity contribution in [3.05, 3.63) is 17.7 Å². The molecule has 0 fully saturated rings. The van der Waals surface area contributed by atoms with Crippen LogP contribution in [0.15, 0.2) is 12.1 Å². The Kier molecular flexibility index (Phi) is 6.45. The number of nitrogens with one attached hydrogen (secondary N) is 1. The second-order valence-corrected chi connectivity index (χ2v) is 4.27. The molecule has 108 valence electrons. The molecule has 1 atom stereocenters. The van der Waals surface area contributed by atoms with Gasteiger partial charge in [0.05, 0.1) is 27.9 Å². The number of rotatable bonds is 8. The Morgan fingerprint density at radius 1 is 1.00 bits per heavy atom. The highest BCUT2D eigenvalue weighted by molar-refractivity contribution is 5.53. The summed E-state index contributed by atoms with van der Waals surface area (Å²) in [5.74, 6) is 1.94. The van der Waals surface area contributed by atoms with E-state index in [1.165, 1.54) is 0 Å². The highest BCUT2D eigenvalue weighted by atomic mass is 16.5. The van der Waals surface area contributed by atoms with Crippen molar-refractivity contribution < 1.29 is 18.9 Å². The average molecular weight is 269 g/mol. The standard InChI is InChI=1S/C14H23NO4/c1-10(9-16-2)15-8-11-6-12(17-3)14(19-5)13(7-11)18-4/h6-7,10,15H,8-9H2,1-5H3/t10-/m0/s1. The zero-order valence-corrected chi connectivity index (χ0v) is 12.3. The van der Waals surface area contributed by atoms with E-state index >= 15 is 0 Å². The van der Waals surface area contributed by atoms with Gasteiger partial charge in [0.15, 0.2) is 11.5 Å². The van der Waals surface area contributed by atoms with E-state index in [9.17, 15) is 0 Å². The first kappa shape index (κ1) is 15.6. The smallest absolute Gasteiger partial charge is 0.203 e. The summed E-state index contributed by atoms with van der Waals surface area (Å²) in [6.45, 7) is 3.45. The van der Waals surface area contributed by atoms with Crippen LogP contribution in [0.4, 0.5) is 0 Å². The Morgan fingerprint density at radius 3 is 2.00 bits per heavy atom. The Hall–Kier alpha value is -1.46. The lowest BCUT2D eigenvalue weighted by Gasteiger charge is -2.16. The molecule has 0 aliphatic carbocycles. The molecule has 0 aliphatic rings. The van der Waals surface area contributed by atoms with Crippen molar-refractivity contribution >= 4 is 0 Å². The van der Waals surface area contributed by atoms with Crippen LogP contribution in [-0.4, -0.2) is 41.1 Å². The van der Waals surface area contributed by atoms with Crippen molar-refractivity contribution in [3.63, 3.8) is 0 Å². The van der Waals surface area contributed by atoms with E-state index < -0.39 is 0 Å². The molecular weight excluding hydrogens is 246 g/mol. The van der Waals surface area contributed by atoms with Gasteiger partial charge in [0.2, 0.25) is 5.75 Å². The topological polar surface area (TPSA) is 49.0 Å². The van der Waals surface area contributed by atoms with Crippen molar-refractivity contribution in [3.8, 4) is 17.2 Å². The van der Waals surface area contributed by atoms with Crippen molar-refractivity contribution in [1.82, 2.24) is 5.32 Å². The molecule has 0 bridgehead atoms. The van der Waals surface area contributed by atoms with E-state index in [1.54, 1.807) is 28.4 Å². The van der Waals surface area contributed by atoms with Gasteiger partial charge in [-0.15, -0.1) is 0 Å². The molecule has 1 aromatic rings. The summed E-state index contributed by atoms with van der Waals surface area (Å²) >= 11 is 0.